The third-order valence-electron chi connectivity index (χ3n) is 5.04. The highest BCUT2D eigenvalue weighted by Crippen LogP contribution is 2.08. The van der Waals surface area contributed by atoms with Gasteiger partial charge in [0.25, 0.3) is 0 Å². The van der Waals surface area contributed by atoms with Gasteiger partial charge in [-0.15, -0.1) is 0 Å². The molecule has 7 nitrogen and oxygen atoms in total. The van der Waals surface area contributed by atoms with Crippen molar-refractivity contribution in [3.63, 3.8) is 0 Å². The number of aryl methyl sites for hydroxylation is 1. The number of unbranched alkanes of at least 4 members (excludes halogenated alkanes) is 2. The number of carbonyl (C=O) groups excluding carboxylic acids is 3. The Hall–Kier alpha value is -3.35. The maximum Gasteiger partial charge on any atom is 0.407 e. The summed E-state index contributed by atoms with van der Waals surface area (Å²) in [7, 11) is 0. The first-order chi connectivity index (χ1) is 15.5. The highest BCUT2D eigenvalue weighted by atomic mass is 16.5. The van der Waals surface area contributed by atoms with Crippen molar-refractivity contribution in [2.45, 2.75) is 57.6 Å². The summed E-state index contributed by atoms with van der Waals surface area (Å²) in [6, 6.07) is 18.8. The minimum Gasteiger partial charge on any atom is -0.445 e. The van der Waals surface area contributed by atoms with Crippen LogP contribution in [0.3, 0.4) is 0 Å². The van der Waals surface area contributed by atoms with E-state index in [2.05, 4.69) is 10.6 Å². The number of amides is 3. The van der Waals surface area contributed by atoms with E-state index in [0.29, 0.717) is 25.8 Å². The lowest BCUT2D eigenvalue weighted by Crippen LogP contribution is -2.44. The van der Waals surface area contributed by atoms with Gasteiger partial charge < -0.3 is 21.1 Å². The first kappa shape index (κ1) is 24.9. The minimum atomic E-state index is -0.646. The maximum absolute atomic E-state index is 12.1. The van der Waals surface area contributed by atoms with E-state index in [-0.39, 0.29) is 12.5 Å². The SMILES string of the molecule is NC(=O)[C@@H](CCCc1ccccc1)NC(=O)CCCCCNC(=O)OCc1ccccc1. The Bertz CT molecular complexity index is 828. The standard InChI is InChI=1S/C25H33N3O4/c26-24(30)22(16-10-15-20-11-4-1-5-12-20)28-23(29)17-8-3-9-18-27-25(31)32-19-21-13-6-2-7-14-21/h1-2,4-7,11-14,22H,3,8-10,15-19H2,(H2,26,30)(H,27,31)(H,28,29)/t22-/m1/s1. The number of primary amides is 1. The van der Waals surface area contributed by atoms with Crippen LogP contribution in [0.5, 0.6) is 0 Å². The van der Waals surface area contributed by atoms with Crippen molar-refractivity contribution < 1.29 is 19.1 Å². The molecule has 1 atom stereocenters. The molecule has 2 rings (SSSR count). The van der Waals surface area contributed by atoms with Crippen molar-refractivity contribution in [1.82, 2.24) is 10.6 Å². The molecule has 3 amide bonds. The van der Waals surface area contributed by atoms with E-state index in [9.17, 15) is 14.4 Å². The predicted octanol–water partition coefficient (Wildman–Crippen LogP) is 3.47. The van der Waals surface area contributed by atoms with E-state index in [1.54, 1.807) is 0 Å². The van der Waals surface area contributed by atoms with Crippen LogP contribution in [0.15, 0.2) is 60.7 Å². The van der Waals surface area contributed by atoms with Gasteiger partial charge in [-0.05, 0) is 43.2 Å². The smallest absolute Gasteiger partial charge is 0.407 e. The summed E-state index contributed by atoms with van der Waals surface area (Å²) in [5, 5.41) is 5.44. The van der Waals surface area contributed by atoms with E-state index >= 15 is 0 Å². The van der Waals surface area contributed by atoms with Crippen LogP contribution in [-0.2, 0) is 27.4 Å². The van der Waals surface area contributed by atoms with Crippen LogP contribution >= 0.6 is 0 Å². The predicted molar refractivity (Wildman–Crippen MR) is 124 cm³/mol. The van der Waals surface area contributed by atoms with Gasteiger partial charge >= 0.3 is 6.09 Å². The Morgan fingerprint density at radius 3 is 2.16 bits per heavy atom. The molecule has 4 N–H and O–H groups in total. The average Bonchev–Trinajstić information content (AvgIpc) is 2.80. The highest BCUT2D eigenvalue weighted by molar-refractivity contribution is 5.86. The van der Waals surface area contributed by atoms with Crippen molar-refractivity contribution in [2.24, 2.45) is 5.73 Å². The van der Waals surface area contributed by atoms with Crippen LogP contribution in [0.1, 0.15) is 49.7 Å². The molecule has 2 aromatic rings. The first-order valence-electron chi connectivity index (χ1n) is 11.1. The minimum absolute atomic E-state index is 0.177. The fraction of sp³-hybridized carbons (Fsp3) is 0.400. The molecule has 0 heterocycles. The fourth-order valence-corrected chi connectivity index (χ4v) is 3.26. The third-order valence-corrected chi connectivity index (χ3v) is 5.04. The van der Waals surface area contributed by atoms with Gasteiger partial charge in [-0.1, -0.05) is 67.1 Å². The number of hydrogen-bond donors (Lipinski definition) is 3. The van der Waals surface area contributed by atoms with E-state index in [0.717, 1.165) is 31.2 Å². The van der Waals surface area contributed by atoms with Crippen LogP contribution in [-0.4, -0.2) is 30.5 Å². The van der Waals surface area contributed by atoms with Gasteiger partial charge in [0.05, 0.1) is 0 Å². The molecule has 0 saturated heterocycles. The van der Waals surface area contributed by atoms with Gasteiger partial charge in [0.15, 0.2) is 0 Å². The summed E-state index contributed by atoms with van der Waals surface area (Å²) < 4.78 is 5.14. The molecular formula is C25H33N3O4. The molecule has 0 saturated carbocycles. The number of ether oxygens (including phenoxy) is 1. The molecule has 0 aliphatic carbocycles. The Morgan fingerprint density at radius 2 is 1.50 bits per heavy atom. The number of hydrogen-bond acceptors (Lipinski definition) is 4. The number of carbonyl (C=O) groups is 3. The van der Waals surface area contributed by atoms with Crippen molar-refractivity contribution in [3.8, 4) is 0 Å². The topological polar surface area (TPSA) is 111 Å². The monoisotopic (exact) mass is 439 g/mol. The highest BCUT2D eigenvalue weighted by Gasteiger charge is 2.17. The molecule has 0 fully saturated rings. The molecular weight excluding hydrogens is 406 g/mol. The molecule has 0 aliphatic heterocycles. The molecule has 0 radical (unpaired) electrons. The van der Waals surface area contributed by atoms with Crippen LogP contribution in [0, 0.1) is 0 Å². The van der Waals surface area contributed by atoms with Gasteiger partial charge in [-0.3, -0.25) is 9.59 Å². The summed E-state index contributed by atoms with van der Waals surface area (Å²) in [5.41, 5.74) is 7.57. The number of nitrogens with two attached hydrogens (primary N) is 1. The van der Waals surface area contributed by atoms with Crippen molar-refractivity contribution in [2.75, 3.05) is 6.54 Å². The Kier molecular flexibility index (Phi) is 11.4. The van der Waals surface area contributed by atoms with Gasteiger partial charge in [0.2, 0.25) is 11.8 Å². The van der Waals surface area contributed by atoms with E-state index in [1.165, 1.54) is 5.56 Å². The summed E-state index contributed by atoms with van der Waals surface area (Å²) in [4.78, 5) is 35.5. The lowest BCUT2D eigenvalue weighted by atomic mass is 10.0. The number of alkyl carbamates (subject to hydrolysis) is 1. The average molecular weight is 440 g/mol. The Balaban J connectivity index is 1.52. The van der Waals surface area contributed by atoms with E-state index in [4.69, 9.17) is 10.5 Å². The molecule has 7 heteroatoms. The second kappa shape index (κ2) is 14.6. The molecule has 0 spiro atoms. The Labute approximate surface area is 189 Å². The van der Waals surface area contributed by atoms with Crippen molar-refractivity contribution >= 4 is 17.9 Å². The lowest BCUT2D eigenvalue weighted by Gasteiger charge is -2.15. The quantitative estimate of drug-likeness (QED) is 0.392. The zero-order chi connectivity index (χ0) is 23.0. The zero-order valence-electron chi connectivity index (χ0n) is 18.4. The largest absolute Gasteiger partial charge is 0.445 e. The third kappa shape index (κ3) is 10.6. The second-order valence-corrected chi connectivity index (χ2v) is 7.70. The van der Waals surface area contributed by atoms with Crippen molar-refractivity contribution in [3.05, 3.63) is 71.8 Å². The molecule has 0 aromatic heterocycles. The summed E-state index contributed by atoms with van der Waals surface area (Å²) in [6.07, 6.45) is 4.18. The van der Waals surface area contributed by atoms with Gasteiger partial charge in [-0.25, -0.2) is 4.79 Å². The number of rotatable bonds is 14. The Morgan fingerprint density at radius 1 is 0.844 bits per heavy atom. The van der Waals surface area contributed by atoms with Gasteiger partial charge in [0, 0.05) is 13.0 Å². The van der Waals surface area contributed by atoms with Crippen LogP contribution in [0.2, 0.25) is 0 Å². The molecule has 0 aliphatic rings. The molecule has 32 heavy (non-hydrogen) atoms. The van der Waals surface area contributed by atoms with Crippen LogP contribution in [0.25, 0.3) is 0 Å². The fourth-order valence-electron chi connectivity index (χ4n) is 3.26. The summed E-state index contributed by atoms with van der Waals surface area (Å²) >= 11 is 0. The van der Waals surface area contributed by atoms with Crippen LogP contribution in [0.4, 0.5) is 4.79 Å². The van der Waals surface area contributed by atoms with E-state index < -0.39 is 18.0 Å². The second-order valence-electron chi connectivity index (χ2n) is 7.70. The van der Waals surface area contributed by atoms with E-state index in [1.807, 2.05) is 60.7 Å². The molecule has 2 aromatic carbocycles. The van der Waals surface area contributed by atoms with Crippen molar-refractivity contribution in [1.29, 1.82) is 0 Å². The number of nitrogens with one attached hydrogen (secondary N) is 2. The van der Waals surface area contributed by atoms with Crippen LogP contribution < -0.4 is 16.4 Å². The molecule has 0 bridgehead atoms. The number of benzene rings is 2. The lowest BCUT2D eigenvalue weighted by molar-refractivity contribution is -0.127. The van der Waals surface area contributed by atoms with Gasteiger partial charge in [-0.2, -0.15) is 0 Å². The molecule has 0 unspecified atom stereocenters. The zero-order valence-corrected chi connectivity index (χ0v) is 18.4. The maximum atomic E-state index is 12.1. The summed E-state index contributed by atoms with van der Waals surface area (Å²) in [6.45, 7) is 0.720. The first-order valence-corrected chi connectivity index (χ1v) is 11.1. The van der Waals surface area contributed by atoms with Gasteiger partial charge in [0.1, 0.15) is 12.6 Å². The summed E-state index contributed by atoms with van der Waals surface area (Å²) in [5.74, 6) is -0.687. The molecule has 172 valence electrons. The normalized spacial score (nSPS) is 11.4.